The van der Waals surface area contributed by atoms with Gasteiger partial charge >= 0.3 is 0 Å². The summed E-state index contributed by atoms with van der Waals surface area (Å²) in [5.74, 6) is 4.60. The van der Waals surface area contributed by atoms with E-state index in [-0.39, 0.29) is 5.82 Å². The van der Waals surface area contributed by atoms with Crippen molar-refractivity contribution in [1.82, 2.24) is 9.90 Å². The predicted molar refractivity (Wildman–Crippen MR) is 35.4 cm³/mol. The van der Waals surface area contributed by atoms with Gasteiger partial charge in [0.15, 0.2) is 0 Å². The van der Waals surface area contributed by atoms with Crippen LogP contribution in [0.1, 0.15) is 0 Å². The molecule has 0 bridgehead atoms. The molecule has 1 atom stereocenters. The Morgan fingerprint density at radius 2 is 2.30 bits per heavy atom. The predicted octanol–water partition coefficient (Wildman–Crippen LogP) is 0.150. The van der Waals surface area contributed by atoms with Crippen LogP contribution >= 0.6 is 0 Å². The molecule has 5 heteroatoms. The fourth-order valence-corrected chi connectivity index (χ4v) is 0.543. The van der Waals surface area contributed by atoms with Crippen LogP contribution in [0.3, 0.4) is 0 Å². The van der Waals surface area contributed by atoms with Gasteiger partial charge in [0.2, 0.25) is 0 Å². The second kappa shape index (κ2) is 2.31. The van der Waals surface area contributed by atoms with Gasteiger partial charge in [0.1, 0.15) is 0 Å². The van der Waals surface area contributed by atoms with Gasteiger partial charge in [-0.3, -0.25) is 0 Å². The van der Waals surface area contributed by atoms with E-state index in [0.29, 0.717) is 0 Å². The molecule has 0 aromatic carbocycles. The van der Waals surface area contributed by atoms with Crippen molar-refractivity contribution in [1.29, 1.82) is 0 Å². The molecule has 0 spiro atoms. The van der Waals surface area contributed by atoms with E-state index >= 15 is 0 Å². The summed E-state index contributed by atoms with van der Waals surface area (Å²) in [6.45, 7) is 0. The van der Waals surface area contributed by atoms with E-state index in [0.717, 1.165) is 0 Å². The number of nitrogens with zero attached hydrogens (tertiary/aromatic N) is 2. The van der Waals surface area contributed by atoms with Crippen LogP contribution in [-0.2, 0) is 0 Å². The van der Waals surface area contributed by atoms with Gasteiger partial charge in [-0.25, -0.2) is 4.98 Å². The second-order valence-corrected chi connectivity index (χ2v) is 1.81. The summed E-state index contributed by atoms with van der Waals surface area (Å²) in [6, 6.07) is 4.53. The molecule has 0 amide bonds. The fraction of sp³-hybridized carbons (Fsp3) is 0. The van der Waals surface area contributed by atoms with Crippen molar-refractivity contribution >= 4 is 5.82 Å². The molecule has 5 nitrogen and oxygen atoms in total. The van der Waals surface area contributed by atoms with Crippen LogP contribution in [0.5, 0.6) is 0 Å². The molecule has 54 valence electrons. The number of quaternary nitrogens is 1. The number of hydrogen-bond donors (Lipinski definition) is 2. The maximum absolute atomic E-state index is 10.5. The van der Waals surface area contributed by atoms with Crippen molar-refractivity contribution in [2.24, 2.45) is 5.84 Å². The number of rotatable bonds is 1. The first-order chi connectivity index (χ1) is 4.61. The minimum atomic E-state index is -1.97. The summed E-state index contributed by atoms with van der Waals surface area (Å²) in [5.41, 5.74) is 0. The smallest absolute Gasteiger partial charge is 0.280 e. The number of pyridine rings is 1. The van der Waals surface area contributed by atoms with Crippen LogP contribution in [0.25, 0.3) is 0 Å². The minimum absolute atomic E-state index is 0.137. The van der Waals surface area contributed by atoms with Crippen LogP contribution in [0.4, 0.5) is 5.82 Å². The zero-order chi connectivity index (χ0) is 7.61. The third kappa shape index (κ3) is 1.49. The van der Waals surface area contributed by atoms with Crippen LogP contribution in [0, 0.1) is 5.21 Å². The largest absolute Gasteiger partial charge is 0.572 e. The van der Waals surface area contributed by atoms with Gasteiger partial charge in [-0.15, -0.1) is 5.84 Å². The molecule has 1 unspecified atom stereocenters. The molecule has 0 aliphatic heterocycles. The van der Waals surface area contributed by atoms with Crippen molar-refractivity contribution in [2.75, 3.05) is 0 Å². The SMILES string of the molecule is N[N+]([O-])(O)c1ccccn1. The Kier molecular flexibility index (Phi) is 1.64. The number of aromatic nitrogens is 1. The highest BCUT2D eigenvalue weighted by atomic mass is 16.9. The molecule has 3 N–H and O–H groups in total. The van der Waals surface area contributed by atoms with Crippen molar-refractivity contribution < 1.29 is 5.21 Å². The molecule has 0 aliphatic rings. The molecule has 1 aromatic heterocycles. The lowest BCUT2D eigenvalue weighted by atomic mass is 10.5. The minimum Gasteiger partial charge on any atom is -0.572 e. The maximum atomic E-state index is 10.5. The molecular weight excluding hydrogens is 134 g/mol. The van der Waals surface area contributed by atoms with E-state index in [1.807, 2.05) is 0 Å². The van der Waals surface area contributed by atoms with E-state index in [4.69, 9.17) is 11.0 Å². The lowest BCUT2D eigenvalue weighted by Gasteiger charge is -2.23. The second-order valence-electron chi connectivity index (χ2n) is 1.81. The Morgan fingerprint density at radius 3 is 2.60 bits per heavy atom. The Labute approximate surface area is 57.4 Å². The van der Waals surface area contributed by atoms with Gasteiger partial charge in [0.05, 0.1) is 0 Å². The van der Waals surface area contributed by atoms with Gasteiger partial charge in [0, 0.05) is 12.3 Å². The lowest BCUT2D eigenvalue weighted by Crippen LogP contribution is -2.47. The average molecular weight is 141 g/mol. The molecule has 1 aromatic rings. The van der Waals surface area contributed by atoms with E-state index in [2.05, 4.69) is 4.98 Å². The number of nitrogens with two attached hydrogens (primary N) is 1. The van der Waals surface area contributed by atoms with Crippen LogP contribution < -0.4 is 10.8 Å². The Bertz CT molecular complexity index is 206. The standard InChI is InChI=1S/C5H7N3O2/c6-8(9,10)5-3-1-2-4-7-5/h1-4,9H,6H2. The van der Waals surface area contributed by atoms with E-state index in [1.165, 1.54) is 12.3 Å². The Morgan fingerprint density at radius 1 is 1.60 bits per heavy atom. The summed E-state index contributed by atoms with van der Waals surface area (Å²) in [6.07, 6.45) is 1.38. The Balaban J connectivity index is 2.97. The van der Waals surface area contributed by atoms with E-state index in [9.17, 15) is 5.21 Å². The van der Waals surface area contributed by atoms with Crippen molar-refractivity contribution in [2.45, 2.75) is 0 Å². The summed E-state index contributed by atoms with van der Waals surface area (Å²) < 4.78 is 0. The third-order valence-corrected chi connectivity index (χ3v) is 0.978. The zero-order valence-corrected chi connectivity index (χ0v) is 5.14. The molecule has 1 rings (SSSR count). The quantitative estimate of drug-likeness (QED) is 0.331. The van der Waals surface area contributed by atoms with Crippen molar-refractivity contribution in [3.05, 3.63) is 29.6 Å². The number of hydrogen-bond acceptors (Lipinski definition) is 4. The molecule has 1 heterocycles. The molecular formula is C5H7N3O2. The van der Waals surface area contributed by atoms with Gasteiger partial charge in [0.25, 0.3) is 5.82 Å². The monoisotopic (exact) mass is 141 g/mol. The van der Waals surface area contributed by atoms with Crippen molar-refractivity contribution in [3.63, 3.8) is 0 Å². The maximum Gasteiger partial charge on any atom is 0.280 e. The van der Waals surface area contributed by atoms with Gasteiger partial charge in [-0.05, 0) is 6.07 Å². The highest BCUT2D eigenvalue weighted by Gasteiger charge is 2.11. The summed E-state index contributed by atoms with van der Waals surface area (Å²) in [4.78, 5) is 1.56. The first-order valence-corrected chi connectivity index (χ1v) is 2.63. The lowest BCUT2D eigenvalue weighted by molar-refractivity contribution is -0.0360. The first-order valence-electron chi connectivity index (χ1n) is 2.63. The zero-order valence-electron chi connectivity index (χ0n) is 5.14. The Hall–Kier alpha value is -1.01. The molecule has 10 heavy (non-hydrogen) atoms. The average Bonchev–Trinajstić information content (AvgIpc) is 1.88. The normalized spacial score (nSPS) is 16.3. The van der Waals surface area contributed by atoms with Crippen LogP contribution in [0.15, 0.2) is 24.4 Å². The summed E-state index contributed by atoms with van der Waals surface area (Å²) in [7, 11) is 0. The molecule has 0 radical (unpaired) electrons. The van der Waals surface area contributed by atoms with Gasteiger partial charge in [-0.2, -0.15) is 5.21 Å². The fourth-order valence-electron chi connectivity index (χ4n) is 0.543. The van der Waals surface area contributed by atoms with Gasteiger partial charge < -0.3 is 5.21 Å². The topological polar surface area (TPSA) is 82.2 Å². The van der Waals surface area contributed by atoms with Gasteiger partial charge in [-0.1, -0.05) is 11.0 Å². The summed E-state index contributed by atoms with van der Waals surface area (Å²) >= 11 is 0. The highest BCUT2D eigenvalue weighted by molar-refractivity contribution is 5.29. The van der Waals surface area contributed by atoms with Crippen molar-refractivity contribution in [3.8, 4) is 0 Å². The van der Waals surface area contributed by atoms with E-state index < -0.39 is 4.92 Å². The third-order valence-electron chi connectivity index (χ3n) is 0.978. The highest BCUT2D eigenvalue weighted by Crippen LogP contribution is 2.08. The molecule has 0 saturated carbocycles. The van der Waals surface area contributed by atoms with Crippen LogP contribution in [-0.4, -0.2) is 10.2 Å². The molecule has 0 fully saturated rings. The molecule has 0 saturated heterocycles. The summed E-state index contributed by atoms with van der Waals surface area (Å²) in [5, 5.41) is 19.1. The van der Waals surface area contributed by atoms with Crippen LogP contribution in [0.2, 0.25) is 0 Å². The first kappa shape index (κ1) is 7.10. The molecule has 0 aliphatic carbocycles. The van der Waals surface area contributed by atoms with E-state index in [1.54, 1.807) is 12.1 Å².